The summed E-state index contributed by atoms with van der Waals surface area (Å²) in [5, 5.41) is 4.98. The highest BCUT2D eigenvalue weighted by Gasteiger charge is 2.16. The number of carbonyl (C=O) groups excluding carboxylic acids is 1. The smallest absolute Gasteiger partial charge is 0.257 e. The van der Waals surface area contributed by atoms with Gasteiger partial charge in [-0.2, -0.15) is 0 Å². The molecule has 0 aliphatic rings. The molecular weight excluding hydrogens is 334 g/mol. The molecule has 0 bridgehead atoms. The van der Waals surface area contributed by atoms with Gasteiger partial charge < -0.3 is 0 Å². The summed E-state index contributed by atoms with van der Waals surface area (Å²) in [4.78, 5) is 16.4. The van der Waals surface area contributed by atoms with Gasteiger partial charge in [0.25, 0.3) is 5.91 Å². The van der Waals surface area contributed by atoms with Crippen LogP contribution in [0.25, 0.3) is 0 Å². The molecule has 0 unspecified atom stereocenters. The molecule has 6 nitrogen and oxygen atoms in total. The summed E-state index contributed by atoms with van der Waals surface area (Å²) in [6.07, 6.45) is 1.67. The number of hydrogen-bond acceptors (Lipinski definition) is 5. The molecule has 0 aliphatic heterocycles. The predicted molar refractivity (Wildman–Crippen MR) is 91.3 cm³/mol. The Morgan fingerprint density at radius 3 is 2.78 bits per heavy atom. The normalized spacial score (nSPS) is 11.4. The lowest BCUT2D eigenvalue weighted by Gasteiger charge is -2.08. The molecule has 0 spiro atoms. The van der Waals surface area contributed by atoms with E-state index in [9.17, 15) is 13.2 Å². The monoisotopic (exact) mass is 353 g/mol. The lowest BCUT2D eigenvalue weighted by Crippen LogP contribution is -2.25. The van der Waals surface area contributed by atoms with E-state index in [2.05, 4.69) is 15.0 Å². The zero-order valence-electron chi connectivity index (χ0n) is 13.0. The highest BCUT2D eigenvalue weighted by atomic mass is 32.2. The van der Waals surface area contributed by atoms with Gasteiger partial charge in [0.2, 0.25) is 10.0 Å². The van der Waals surface area contributed by atoms with Crippen LogP contribution in [0.3, 0.4) is 0 Å². The van der Waals surface area contributed by atoms with Crippen LogP contribution < -0.4 is 10.0 Å². The third-order valence-corrected chi connectivity index (χ3v) is 5.40. The number of benzene rings is 1. The van der Waals surface area contributed by atoms with Crippen LogP contribution >= 0.6 is 11.3 Å². The Morgan fingerprint density at radius 1 is 1.35 bits per heavy atom. The van der Waals surface area contributed by atoms with Crippen molar-refractivity contribution in [1.29, 1.82) is 0 Å². The van der Waals surface area contributed by atoms with Gasteiger partial charge in [-0.3, -0.25) is 10.1 Å². The zero-order chi connectivity index (χ0) is 16.9. The number of hydrogen-bond donors (Lipinski definition) is 2. The van der Waals surface area contributed by atoms with Crippen molar-refractivity contribution in [1.82, 2.24) is 9.71 Å². The van der Waals surface area contributed by atoms with Gasteiger partial charge >= 0.3 is 0 Å². The Hall–Kier alpha value is -1.77. The van der Waals surface area contributed by atoms with Crippen molar-refractivity contribution in [3.63, 3.8) is 0 Å². The number of unbranched alkanes of at least 4 members (excludes halogenated alkanes) is 1. The van der Waals surface area contributed by atoms with Crippen molar-refractivity contribution < 1.29 is 13.2 Å². The summed E-state index contributed by atoms with van der Waals surface area (Å²) < 4.78 is 26.9. The van der Waals surface area contributed by atoms with Crippen molar-refractivity contribution in [3.8, 4) is 0 Å². The second kappa shape index (κ2) is 7.67. The van der Waals surface area contributed by atoms with Crippen molar-refractivity contribution in [2.75, 3.05) is 11.9 Å². The largest absolute Gasteiger partial charge is 0.298 e. The van der Waals surface area contributed by atoms with E-state index in [0.717, 1.165) is 18.5 Å². The van der Waals surface area contributed by atoms with E-state index in [1.165, 1.54) is 23.5 Å². The highest BCUT2D eigenvalue weighted by molar-refractivity contribution is 7.89. The molecule has 1 aromatic carbocycles. The Balaban J connectivity index is 2.14. The summed E-state index contributed by atoms with van der Waals surface area (Å²) >= 11 is 1.32. The fourth-order valence-corrected chi connectivity index (χ4v) is 3.65. The Kier molecular flexibility index (Phi) is 5.86. The number of rotatable bonds is 7. The molecule has 0 radical (unpaired) electrons. The predicted octanol–water partition coefficient (Wildman–Crippen LogP) is 2.78. The summed E-state index contributed by atoms with van der Waals surface area (Å²) in [6, 6.07) is 5.96. The Labute approximate surface area is 140 Å². The molecule has 1 heterocycles. The van der Waals surface area contributed by atoms with Gasteiger partial charge in [0.15, 0.2) is 5.13 Å². The molecule has 1 aromatic heterocycles. The number of amides is 1. The van der Waals surface area contributed by atoms with Crippen LogP contribution in [0.5, 0.6) is 0 Å². The molecule has 0 fully saturated rings. The zero-order valence-corrected chi connectivity index (χ0v) is 14.6. The number of aromatic nitrogens is 1. The standard InChI is InChI=1S/C15H19N3O3S2/c1-3-4-8-16-23(20,21)13-7-5-6-12(9-13)14(19)18-15-17-11(2)10-22-15/h5-7,9-10,16H,3-4,8H2,1-2H3,(H,17,18,19). The summed E-state index contributed by atoms with van der Waals surface area (Å²) in [5.41, 5.74) is 1.10. The maximum Gasteiger partial charge on any atom is 0.257 e. The minimum atomic E-state index is -3.60. The van der Waals surface area contributed by atoms with Gasteiger partial charge in [-0.1, -0.05) is 19.4 Å². The Bertz CT molecular complexity index is 785. The quantitative estimate of drug-likeness (QED) is 0.749. The molecule has 0 aliphatic carbocycles. The lowest BCUT2D eigenvalue weighted by atomic mass is 10.2. The third kappa shape index (κ3) is 4.85. The average molecular weight is 353 g/mol. The van der Waals surface area contributed by atoms with Gasteiger partial charge in [0.05, 0.1) is 10.6 Å². The van der Waals surface area contributed by atoms with Gasteiger partial charge in [-0.25, -0.2) is 18.1 Å². The van der Waals surface area contributed by atoms with E-state index in [4.69, 9.17) is 0 Å². The first-order valence-electron chi connectivity index (χ1n) is 7.25. The summed E-state index contributed by atoms with van der Waals surface area (Å²) in [6.45, 7) is 4.20. The number of nitrogens with zero attached hydrogens (tertiary/aromatic N) is 1. The van der Waals surface area contributed by atoms with E-state index < -0.39 is 10.0 Å². The van der Waals surface area contributed by atoms with Crippen LogP contribution in [0.1, 0.15) is 35.8 Å². The van der Waals surface area contributed by atoms with Gasteiger partial charge in [0.1, 0.15) is 0 Å². The van der Waals surface area contributed by atoms with E-state index in [1.807, 2.05) is 19.2 Å². The second-order valence-corrected chi connectivity index (χ2v) is 7.65. The minimum Gasteiger partial charge on any atom is -0.298 e. The van der Waals surface area contributed by atoms with Crippen LogP contribution in [0.15, 0.2) is 34.5 Å². The maximum absolute atomic E-state index is 12.2. The third-order valence-electron chi connectivity index (χ3n) is 3.07. The number of sulfonamides is 1. The van der Waals surface area contributed by atoms with Crippen LogP contribution in [-0.4, -0.2) is 25.9 Å². The number of carbonyl (C=O) groups is 1. The maximum atomic E-state index is 12.2. The van der Waals surface area contributed by atoms with Crippen LogP contribution in [-0.2, 0) is 10.0 Å². The first-order valence-corrected chi connectivity index (χ1v) is 9.62. The van der Waals surface area contributed by atoms with Crippen LogP contribution in [0.2, 0.25) is 0 Å². The van der Waals surface area contributed by atoms with Crippen LogP contribution in [0, 0.1) is 6.92 Å². The van der Waals surface area contributed by atoms with Crippen molar-refractivity contribution in [2.45, 2.75) is 31.6 Å². The van der Waals surface area contributed by atoms with E-state index in [1.54, 1.807) is 12.1 Å². The van der Waals surface area contributed by atoms with E-state index in [-0.39, 0.29) is 16.4 Å². The molecule has 23 heavy (non-hydrogen) atoms. The van der Waals surface area contributed by atoms with Crippen LogP contribution in [0.4, 0.5) is 5.13 Å². The van der Waals surface area contributed by atoms with Crippen molar-refractivity contribution in [2.24, 2.45) is 0 Å². The first kappa shape index (κ1) is 17.6. The molecule has 0 saturated heterocycles. The highest BCUT2D eigenvalue weighted by Crippen LogP contribution is 2.17. The molecular formula is C15H19N3O3S2. The van der Waals surface area contributed by atoms with E-state index in [0.29, 0.717) is 11.7 Å². The SMILES string of the molecule is CCCCNS(=O)(=O)c1cccc(C(=O)Nc2nc(C)cs2)c1. The number of anilines is 1. The fourth-order valence-electron chi connectivity index (χ4n) is 1.85. The molecule has 1 amide bonds. The molecule has 2 N–H and O–H groups in total. The molecule has 2 rings (SSSR count). The molecule has 0 atom stereocenters. The van der Waals surface area contributed by atoms with Crippen molar-refractivity contribution in [3.05, 3.63) is 40.9 Å². The van der Waals surface area contributed by atoms with Gasteiger partial charge in [0, 0.05) is 17.5 Å². The topological polar surface area (TPSA) is 88.2 Å². The number of nitrogens with one attached hydrogen (secondary N) is 2. The molecule has 124 valence electrons. The van der Waals surface area contributed by atoms with Gasteiger partial charge in [-0.05, 0) is 31.5 Å². The molecule has 2 aromatic rings. The van der Waals surface area contributed by atoms with Crippen molar-refractivity contribution >= 4 is 32.4 Å². The summed E-state index contributed by atoms with van der Waals surface area (Å²) in [5.74, 6) is -0.384. The number of aryl methyl sites for hydroxylation is 1. The fraction of sp³-hybridized carbons (Fsp3) is 0.333. The number of thiazole rings is 1. The Morgan fingerprint density at radius 2 is 2.13 bits per heavy atom. The van der Waals surface area contributed by atoms with E-state index >= 15 is 0 Å². The second-order valence-electron chi connectivity index (χ2n) is 5.03. The summed E-state index contributed by atoms with van der Waals surface area (Å²) in [7, 11) is -3.60. The molecule has 0 saturated carbocycles. The van der Waals surface area contributed by atoms with Gasteiger partial charge in [-0.15, -0.1) is 11.3 Å². The first-order chi connectivity index (χ1) is 10.9. The molecule has 8 heteroatoms. The minimum absolute atomic E-state index is 0.0802. The lowest BCUT2D eigenvalue weighted by molar-refractivity contribution is 0.102. The average Bonchev–Trinajstić information content (AvgIpc) is 2.92.